The monoisotopic (exact) mass is 528 g/mol. The van der Waals surface area contributed by atoms with Crippen LogP contribution in [0.15, 0.2) is 54.1 Å². The molecule has 0 saturated heterocycles. The fraction of sp³-hybridized carbons (Fsp3) is 0.345. The maximum absolute atomic E-state index is 11.3. The number of phenolic OH excluding ortho intramolecular Hbond substituents is 2. The summed E-state index contributed by atoms with van der Waals surface area (Å²) >= 11 is 0. The summed E-state index contributed by atoms with van der Waals surface area (Å²) in [5.74, 6) is 0.973. The average Bonchev–Trinajstić information content (AvgIpc) is 2.78. The second-order valence-electron chi connectivity index (χ2n) is 9.96. The first-order chi connectivity index (χ1) is 17.0. The van der Waals surface area contributed by atoms with Crippen LogP contribution in [-0.2, 0) is 10.4 Å². The minimum Gasteiger partial charge on any atom is -0.507 e. The van der Waals surface area contributed by atoms with E-state index in [1.54, 1.807) is 0 Å². The van der Waals surface area contributed by atoms with Gasteiger partial charge in [-0.05, 0) is 65.7 Å². The Morgan fingerprint density at radius 2 is 1.08 bits per heavy atom. The van der Waals surface area contributed by atoms with Crippen molar-refractivity contribution in [1.82, 2.24) is 0 Å². The number of aromatic hydroxyl groups is 2. The Bertz CT molecular complexity index is 1310. The van der Waals surface area contributed by atoms with Gasteiger partial charge in [0.05, 0.1) is 0 Å². The zero-order valence-electron chi connectivity index (χ0n) is 22.7. The van der Waals surface area contributed by atoms with Gasteiger partial charge in [0.25, 0.3) is 0 Å². The Kier molecular flexibility index (Phi) is 9.66. The van der Waals surface area contributed by atoms with Crippen molar-refractivity contribution in [2.75, 3.05) is 14.1 Å². The average molecular weight is 529 g/mol. The first-order valence-corrected chi connectivity index (χ1v) is 13.4. The highest BCUT2D eigenvalue weighted by molar-refractivity contribution is 7.79. The normalized spacial score (nSPS) is 13.2. The number of phenols is 2. The maximum Gasteiger partial charge on any atom is 0.394 e. The van der Waals surface area contributed by atoms with Crippen LogP contribution in [0.4, 0.5) is 0 Å². The Morgan fingerprint density at radius 1 is 0.730 bits per heavy atom. The summed E-state index contributed by atoms with van der Waals surface area (Å²) in [6.07, 6.45) is 8.34. The number of aryl methyl sites for hydroxylation is 2. The van der Waals surface area contributed by atoms with Crippen LogP contribution in [0.2, 0.25) is 0 Å². The molecule has 0 saturated carbocycles. The third kappa shape index (κ3) is 7.41. The number of hydrogen-bond donors (Lipinski definition) is 4. The third-order valence-electron chi connectivity index (χ3n) is 6.24. The molecule has 0 aliphatic heterocycles. The standard InChI is InChI=1S/C29H35NO2.H2O4S/c1-17(2)23-15-9-19(5)28(31)26(23)25(21-11-13-22(14-12-21)30(7)8)27-24(18(3)4)16-10-20(6)29(27)32;1-5(2,3)4/h9-18H,1-8H3,(H,31,32);(H2,1,2,3,4)/p+1. The van der Waals surface area contributed by atoms with Gasteiger partial charge in [-0.3, -0.25) is 9.11 Å². The number of nitrogens with zero attached hydrogens (tertiary/aromatic N) is 1. The van der Waals surface area contributed by atoms with E-state index in [2.05, 4.69) is 68.7 Å². The van der Waals surface area contributed by atoms with Crippen LogP contribution in [0.3, 0.4) is 0 Å². The van der Waals surface area contributed by atoms with E-state index in [0.717, 1.165) is 50.2 Å². The fourth-order valence-electron chi connectivity index (χ4n) is 4.25. The van der Waals surface area contributed by atoms with Crippen LogP contribution in [0.25, 0.3) is 5.57 Å². The van der Waals surface area contributed by atoms with Gasteiger partial charge in [-0.15, -0.1) is 0 Å². The van der Waals surface area contributed by atoms with Crippen LogP contribution in [0, 0.1) is 13.8 Å². The van der Waals surface area contributed by atoms with Gasteiger partial charge in [0, 0.05) is 28.9 Å². The van der Waals surface area contributed by atoms with Crippen molar-refractivity contribution in [3.63, 3.8) is 0 Å². The summed E-state index contributed by atoms with van der Waals surface area (Å²) in [5, 5.41) is 22.7. The van der Waals surface area contributed by atoms with Crippen molar-refractivity contribution >= 4 is 21.7 Å². The molecule has 200 valence electrons. The SMILES string of the molecule is Cc1ccc(C(C)C)c(C(=C2C=CC(=[N+](C)C)C=C2)c2c(C(C)C)ccc(C)c2O)c1O.O=S(=O)(O)O. The predicted molar refractivity (Wildman–Crippen MR) is 149 cm³/mol. The van der Waals surface area contributed by atoms with Crippen LogP contribution in [-0.4, -0.2) is 52.1 Å². The van der Waals surface area contributed by atoms with Gasteiger partial charge < -0.3 is 10.2 Å². The third-order valence-corrected chi connectivity index (χ3v) is 6.24. The highest BCUT2D eigenvalue weighted by atomic mass is 32.3. The van der Waals surface area contributed by atoms with E-state index < -0.39 is 10.4 Å². The molecule has 37 heavy (non-hydrogen) atoms. The minimum atomic E-state index is -4.67. The first kappa shape index (κ1) is 30.0. The Balaban J connectivity index is 0.000000877. The summed E-state index contributed by atoms with van der Waals surface area (Å²) in [6, 6.07) is 8.15. The zero-order valence-corrected chi connectivity index (χ0v) is 23.6. The molecular formula is C29H38NO6S+. The van der Waals surface area contributed by atoms with E-state index in [4.69, 9.17) is 17.5 Å². The molecule has 0 radical (unpaired) electrons. The largest absolute Gasteiger partial charge is 0.507 e. The zero-order chi connectivity index (χ0) is 28.2. The summed E-state index contributed by atoms with van der Waals surface area (Å²) < 4.78 is 33.6. The number of allylic oxidation sites excluding steroid dienone is 5. The smallest absolute Gasteiger partial charge is 0.394 e. The number of hydrogen-bond acceptors (Lipinski definition) is 4. The van der Waals surface area contributed by atoms with Gasteiger partial charge in [0.1, 0.15) is 25.6 Å². The van der Waals surface area contributed by atoms with Crippen molar-refractivity contribution in [3.8, 4) is 11.5 Å². The molecular weight excluding hydrogens is 490 g/mol. The molecule has 3 rings (SSSR count). The van der Waals surface area contributed by atoms with Crippen molar-refractivity contribution < 1.29 is 32.3 Å². The van der Waals surface area contributed by atoms with Crippen LogP contribution < -0.4 is 0 Å². The lowest BCUT2D eigenvalue weighted by atomic mass is 9.80. The molecule has 7 nitrogen and oxygen atoms in total. The molecule has 0 aromatic heterocycles. The van der Waals surface area contributed by atoms with Crippen LogP contribution in [0.5, 0.6) is 11.5 Å². The Hall–Kier alpha value is -3.20. The summed E-state index contributed by atoms with van der Waals surface area (Å²) in [4.78, 5) is 0. The lowest BCUT2D eigenvalue weighted by Crippen LogP contribution is -2.11. The number of benzene rings is 2. The Labute approximate surface area is 220 Å². The predicted octanol–water partition coefficient (Wildman–Crippen LogP) is 5.95. The maximum atomic E-state index is 11.3. The lowest BCUT2D eigenvalue weighted by Gasteiger charge is -2.25. The highest BCUT2D eigenvalue weighted by Gasteiger charge is 2.26. The molecule has 2 aromatic carbocycles. The summed E-state index contributed by atoms with van der Waals surface area (Å²) in [5.41, 5.74) is 8.34. The second kappa shape index (κ2) is 11.9. The van der Waals surface area contributed by atoms with Gasteiger partial charge in [0.15, 0.2) is 5.71 Å². The van der Waals surface area contributed by atoms with Gasteiger partial charge in [0.2, 0.25) is 0 Å². The quantitative estimate of drug-likeness (QED) is 0.288. The molecule has 4 N–H and O–H groups in total. The first-order valence-electron chi connectivity index (χ1n) is 12.0. The topological polar surface area (TPSA) is 118 Å². The molecule has 0 amide bonds. The summed E-state index contributed by atoms with van der Waals surface area (Å²) in [6.45, 7) is 12.4. The lowest BCUT2D eigenvalue weighted by molar-refractivity contribution is -0.462. The molecule has 8 heteroatoms. The van der Waals surface area contributed by atoms with Crippen molar-refractivity contribution in [2.24, 2.45) is 0 Å². The summed E-state index contributed by atoms with van der Waals surface area (Å²) in [7, 11) is -0.627. The second-order valence-corrected chi connectivity index (χ2v) is 10.9. The molecule has 0 fully saturated rings. The van der Waals surface area contributed by atoms with Crippen LogP contribution in [0.1, 0.15) is 72.9 Å². The van der Waals surface area contributed by atoms with Crippen molar-refractivity contribution in [3.05, 3.63) is 87.5 Å². The van der Waals surface area contributed by atoms with E-state index in [1.807, 2.05) is 40.1 Å². The van der Waals surface area contributed by atoms with Crippen LogP contribution >= 0.6 is 0 Å². The van der Waals surface area contributed by atoms with E-state index in [0.29, 0.717) is 0 Å². The van der Waals surface area contributed by atoms with E-state index >= 15 is 0 Å². The molecule has 1 aliphatic carbocycles. The minimum absolute atomic E-state index is 0.210. The molecule has 0 atom stereocenters. The Morgan fingerprint density at radius 3 is 1.38 bits per heavy atom. The van der Waals surface area contributed by atoms with E-state index in [-0.39, 0.29) is 23.3 Å². The van der Waals surface area contributed by atoms with Gasteiger partial charge in [-0.1, -0.05) is 52.0 Å². The molecule has 2 aromatic rings. The van der Waals surface area contributed by atoms with Crippen molar-refractivity contribution in [1.29, 1.82) is 0 Å². The molecule has 0 unspecified atom stereocenters. The molecule has 0 bridgehead atoms. The molecule has 0 heterocycles. The van der Waals surface area contributed by atoms with Gasteiger partial charge in [-0.2, -0.15) is 8.42 Å². The van der Waals surface area contributed by atoms with Gasteiger partial charge in [-0.25, -0.2) is 4.58 Å². The highest BCUT2D eigenvalue weighted by Crippen LogP contribution is 2.46. The fourth-order valence-corrected chi connectivity index (χ4v) is 4.25. The van der Waals surface area contributed by atoms with E-state index in [1.165, 1.54) is 0 Å². The van der Waals surface area contributed by atoms with Crippen molar-refractivity contribution in [2.45, 2.75) is 53.4 Å². The van der Waals surface area contributed by atoms with Gasteiger partial charge >= 0.3 is 10.4 Å². The molecule has 0 spiro atoms. The number of rotatable bonds is 4. The van der Waals surface area contributed by atoms with E-state index in [9.17, 15) is 10.2 Å². The molecule has 1 aliphatic rings.